The molecule has 3 heteroatoms. The standard InChI is InChI=1S/C15H20N2S/c16-10-12-6-2-1-5-11(12)9-15-17-13-7-3-4-8-14(13)18-15/h3-4,7-8,11-12H,1-2,5-6,9-10,16H2. The molecule has 0 aliphatic heterocycles. The minimum Gasteiger partial charge on any atom is -0.330 e. The SMILES string of the molecule is NCC1CCCCC1Cc1nc2ccccc2s1. The molecule has 1 aromatic carbocycles. The van der Waals surface area contributed by atoms with Gasteiger partial charge in [0.2, 0.25) is 0 Å². The summed E-state index contributed by atoms with van der Waals surface area (Å²) in [6.07, 6.45) is 6.50. The summed E-state index contributed by atoms with van der Waals surface area (Å²) in [6.45, 7) is 0.843. The Morgan fingerprint density at radius 1 is 1.17 bits per heavy atom. The average Bonchev–Trinajstić information content (AvgIpc) is 2.81. The fourth-order valence-electron chi connectivity index (χ4n) is 3.10. The summed E-state index contributed by atoms with van der Waals surface area (Å²) in [4.78, 5) is 4.75. The second-order valence-corrected chi connectivity index (χ2v) is 6.43. The molecule has 2 atom stereocenters. The van der Waals surface area contributed by atoms with Gasteiger partial charge in [-0.25, -0.2) is 4.98 Å². The quantitative estimate of drug-likeness (QED) is 0.915. The Balaban J connectivity index is 1.78. The van der Waals surface area contributed by atoms with Crippen LogP contribution < -0.4 is 5.73 Å². The van der Waals surface area contributed by atoms with E-state index in [1.165, 1.54) is 35.4 Å². The summed E-state index contributed by atoms with van der Waals surface area (Å²) in [6, 6.07) is 8.43. The van der Waals surface area contributed by atoms with Gasteiger partial charge in [-0.1, -0.05) is 25.0 Å². The normalized spacial score (nSPS) is 24.5. The summed E-state index contributed by atoms with van der Waals surface area (Å²) in [5.74, 6) is 1.47. The van der Waals surface area contributed by atoms with Crippen LogP contribution in [0.4, 0.5) is 0 Å². The van der Waals surface area contributed by atoms with Gasteiger partial charge in [-0.3, -0.25) is 0 Å². The van der Waals surface area contributed by atoms with Gasteiger partial charge in [0.15, 0.2) is 0 Å². The van der Waals surface area contributed by atoms with Gasteiger partial charge in [-0.2, -0.15) is 0 Å². The average molecular weight is 260 g/mol. The lowest BCUT2D eigenvalue weighted by Crippen LogP contribution is -2.28. The minimum atomic E-state index is 0.714. The maximum atomic E-state index is 5.91. The summed E-state index contributed by atoms with van der Waals surface area (Å²) in [5, 5.41) is 1.29. The van der Waals surface area contributed by atoms with E-state index in [9.17, 15) is 0 Å². The summed E-state index contributed by atoms with van der Waals surface area (Å²) >= 11 is 1.85. The first kappa shape index (κ1) is 12.1. The van der Waals surface area contributed by atoms with Crippen LogP contribution in [0, 0.1) is 11.8 Å². The van der Waals surface area contributed by atoms with Crippen molar-refractivity contribution in [1.29, 1.82) is 0 Å². The number of rotatable bonds is 3. The lowest BCUT2D eigenvalue weighted by molar-refractivity contribution is 0.242. The predicted molar refractivity (Wildman–Crippen MR) is 77.8 cm³/mol. The maximum Gasteiger partial charge on any atom is 0.0941 e. The second kappa shape index (κ2) is 5.37. The van der Waals surface area contributed by atoms with Gasteiger partial charge in [-0.05, 0) is 43.4 Å². The number of nitrogens with two attached hydrogens (primary N) is 1. The topological polar surface area (TPSA) is 38.9 Å². The van der Waals surface area contributed by atoms with Crippen LogP contribution in [0.2, 0.25) is 0 Å². The molecule has 1 fully saturated rings. The highest BCUT2D eigenvalue weighted by atomic mass is 32.1. The molecule has 2 N–H and O–H groups in total. The Kier molecular flexibility index (Phi) is 3.62. The van der Waals surface area contributed by atoms with Crippen LogP contribution in [0.1, 0.15) is 30.7 Å². The molecule has 1 saturated carbocycles. The number of nitrogens with zero attached hydrogens (tertiary/aromatic N) is 1. The minimum absolute atomic E-state index is 0.714. The molecule has 1 aromatic heterocycles. The van der Waals surface area contributed by atoms with Gasteiger partial charge in [0, 0.05) is 6.42 Å². The van der Waals surface area contributed by atoms with Crippen LogP contribution in [0.3, 0.4) is 0 Å². The summed E-state index contributed by atoms with van der Waals surface area (Å²) < 4.78 is 1.31. The Hall–Kier alpha value is -0.930. The van der Waals surface area contributed by atoms with Gasteiger partial charge in [0.05, 0.1) is 15.2 Å². The fraction of sp³-hybridized carbons (Fsp3) is 0.533. The Morgan fingerprint density at radius 2 is 1.94 bits per heavy atom. The van der Waals surface area contributed by atoms with Crippen molar-refractivity contribution in [2.45, 2.75) is 32.1 Å². The van der Waals surface area contributed by atoms with Gasteiger partial charge in [-0.15, -0.1) is 11.3 Å². The van der Waals surface area contributed by atoms with E-state index in [-0.39, 0.29) is 0 Å². The molecule has 2 nitrogen and oxygen atoms in total. The highest BCUT2D eigenvalue weighted by Gasteiger charge is 2.25. The first-order valence-corrected chi connectivity index (χ1v) is 7.73. The largest absolute Gasteiger partial charge is 0.330 e. The third-order valence-electron chi connectivity index (χ3n) is 4.14. The van der Waals surface area contributed by atoms with E-state index in [0.29, 0.717) is 5.92 Å². The number of para-hydroxylation sites is 1. The highest BCUT2D eigenvalue weighted by molar-refractivity contribution is 7.18. The molecule has 0 amide bonds. The maximum absolute atomic E-state index is 5.91. The Bertz CT molecular complexity index is 487. The monoisotopic (exact) mass is 260 g/mol. The van der Waals surface area contributed by atoms with Crippen molar-refractivity contribution < 1.29 is 0 Å². The molecular formula is C15H20N2S. The number of aromatic nitrogens is 1. The summed E-state index contributed by atoms with van der Waals surface area (Å²) in [5.41, 5.74) is 7.06. The van der Waals surface area contributed by atoms with Crippen LogP contribution in [0.15, 0.2) is 24.3 Å². The lowest BCUT2D eigenvalue weighted by atomic mass is 9.78. The molecule has 0 saturated heterocycles. The number of hydrogen-bond acceptors (Lipinski definition) is 3. The van der Waals surface area contributed by atoms with Crippen LogP contribution in [-0.4, -0.2) is 11.5 Å². The molecule has 3 rings (SSSR count). The van der Waals surface area contributed by atoms with E-state index in [0.717, 1.165) is 24.4 Å². The zero-order chi connectivity index (χ0) is 12.4. The zero-order valence-electron chi connectivity index (χ0n) is 10.6. The molecule has 1 aliphatic rings. The van der Waals surface area contributed by atoms with Crippen LogP contribution in [0.5, 0.6) is 0 Å². The Labute approximate surface area is 112 Å². The van der Waals surface area contributed by atoms with E-state index in [2.05, 4.69) is 24.3 Å². The van der Waals surface area contributed by atoms with Crippen LogP contribution >= 0.6 is 11.3 Å². The van der Waals surface area contributed by atoms with E-state index >= 15 is 0 Å². The molecule has 0 bridgehead atoms. The summed E-state index contributed by atoms with van der Waals surface area (Å²) in [7, 11) is 0. The lowest BCUT2D eigenvalue weighted by Gasteiger charge is -2.29. The third kappa shape index (κ3) is 2.43. The number of thiazole rings is 1. The van der Waals surface area contributed by atoms with Gasteiger partial charge < -0.3 is 5.73 Å². The van der Waals surface area contributed by atoms with Crippen molar-refractivity contribution in [1.82, 2.24) is 4.98 Å². The Morgan fingerprint density at radius 3 is 2.72 bits per heavy atom. The smallest absolute Gasteiger partial charge is 0.0941 e. The van der Waals surface area contributed by atoms with E-state index in [4.69, 9.17) is 10.7 Å². The van der Waals surface area contributed by atoms with E-state index < -0.39 is 0 Å². The zero-order valence-corrected chi connectivity index (χ0v) is 11.5. The molecular weight excluding hydrogens is 240 g/mol. The molecule has 1 aliphatic carbocycles. The first-order valence-electron chi connectivity index (χ1n) is 6.91. The molecule has 2 unspecified atom stereocenters. The van der Waals surface area contributed by atoms with Crippen LogP contribution in [-0.2, 0) is 6.42 Å². The van der Waals surface area contributed by atoms with E-state index in [1.54, 1.807) is 0 Å². The molecule has 96 valence electrons. The molecule has 1 heterocycles. The van der Waals surface area contributed by atoms with Crippen molar-refractivity contribution in [3.05, 3.63) is 29.3 Å². The molecule has 2 aromatic rings. The van der Waals surface area contributed by atoms with Crippen molar-refractivity contribution >= 4 is 21.6 Å². The van der Waals surface area contributed by atoms with Crippen LogP contribution in [0.25, 0.3) is 10.2 Å². The number of benzene rings is 1. The highest BCUT2D eigenvalue weighted by Crippen LogP contribution is 2.33. The van der Waals surface area contributed by atoms with Gasteiger partial charge in [0.25, 0.3) is 0 Å². The third-order valence-corrected chi connectivity index (χ3v) is 5.20. The van der Waals surface area contributed by atoms with Gasteiger partial charge >= 0.3 is 0 Å². The first-order chi connectivity index (χ1) is 8.86. The van der Waals surface area contributed by atoms with E-state index in [1.807, 2.05) is 11.3 Å². The predicted octanol–water partition coefficient (Wildman–Crippen LogP) is 3.60. The fourth-order valence-corrected chi connectivity index (χ4v) is 4.16. The number of fused-ring (bicyclic) bond motifs is 1. The van der Waals surface area contributed by atoms with Gasteiger partial charge in [0.1, 0.15) is 0 Å². The number of hydrogen-bond donors (Lipinski definition) is 1. The van der Waals surface area contributed by atoms with Crippen molar-refractivity contribution in [2.75, 3.05) is 6.54 Å². The van der Waals surface area contributed by atoms with Crippen molar-refractivity contribution in [2.24, 2.45) is 17.6 Å². The molecule has 0 spiro atoms. The molecule has 18 heavy (non-hydrogen) atoms. The van der Waals surface area contributed by atoms with Crippen molar-refractivity contribution in [3.63, 3.8) is 0 Å². The second-order valence-electron chi connectivity index (χ2n) is 5.32. The molecule has 0 radical (unpaired) electrons. The van der Waals surface area contributed by atoms with Crippen molar-refractivity contribution in [3.8, 4) is 0 Å².